The first-order valence-corrected chi connectivity index (χ1v) is 10.7. The molecule has 8 heteroatoms. The Morgan fingerprint density at radius 3 is 2.19 bits per heavy atom. The van der Waals surface area contributed by atoms with E-state index >= 15 is 0 Å². The number of methoxy groups -OCH3 is 1. The predicted molar refractivity (Wildman–Crippen MR) is 104 cm³/mol. The number of anilines is 2. The number of carbonyl (C=O) groups excluding carboxylic acids is 1. The molecule has 0 N–H and O–H groups in total. The Morgan fingerprint density at radius 2 is 1.62 bits per heavy atom. The summed E-state index contributed by atoms with van der Waals surface area (Å²) in [6, 6.07) is 13.4. The van der Waals surface area contributed by atoms with Crippen molar-refractivity contribution >= 4 is 43.2 Å². The Labute approximate surface area is 160 Å². The van der Waals surface area contributed by atoms with Crippen LogP contribution in [0, 0.1) is 0 Å². The van der Waals surface area contributed by atoms with Crippen molar-refractivity contribution in [2.45, 2.75) is 12.1 Å². The number of benzene rings is 2. The van der Waals surface area contributed by atoms with Crippen molar-refractivity contribution in [1.29, 1.82) is 0 Å². The highest BCUT2D eigenvalue weighted by molar-refractivity contribution is 9.10. The van der Waals surface area contributed by atoms with Gasteiger partial charge in [-0.15, -0.1) is 0 Å². The van der Waals surface area contributed by atoms with Crippen molar-refractivity contribution in [3.05, 3.63) is 53.0 Å². The molecule has 6 nitrogen and oxygen atoms in total. The van der Waals surface area contributed by atoms with E-state index in [1.165, 1.54) is 0 Å². The summed E-state index contributed by atoms with van der Waals surface area (Å²) in [5.41, 5.74) is 1.35. The molecule has 2 atom stereocenters. The van der Waals surface area contributed by atoms with Gasteiger partial charge in [0.15, 0.2) is 9.84 Å². The van der Waals surface area contributed by atoms with E-state index in [9.17, 15) is 13.2 Å². The molecule has 2 saturated heterocycles. The van der Waals surface area contributed by atoms with E-state index in [4.69, 9.17) is 4.74 Å². The van der Waals surface area contributed by atoms with Crippen LogP contribution in [0.3, 0.4) is 0 Å². The van der Waals surface area contributed by atoms with E-state index in [1.54, 1.807) is 41.2 Å². The molecule has 2 amide bonds. The maximum absolute atomic E-state index is 13.2. The molecule has 2 aromatic carbocycles. The van der Waals surface area contributed by atoms with Gasteiger partial charge in [0.25, 0.3) is 0 Å². The molecular formula is C18H17BrN2O4S. The summed E-state index contributed by atoms with van der Waals surface area (Å²) in [5, 5.41) is 0. The average Bonchev–Trinajstić information content (AvgIpc) is 3.03. The first-order chi connectivity index (χ1) is 12.4. The number of ether oxygens (including phenoxy) is 1. The number of sulfone groups is 1. The van der Waals surface area contributed by atoms with Gasteiger partial charge >= 0.3 is 6.03 Å². The Balaban J connectivity index is 1.78. The first-order valence-electron chi connectivity index (χ1n) is 8.12. The summed E-state index contributed by atoms with van der Waals surface area (Å²) in [6.45, 7) is 0. The van der Waals surface area contributed by atoms with Crippen molar-refractivity contribution in [3.63, 3.8) is 0 Å². The highest BCUT2D eigenvalue weighted by Gasteiger charge is 2.54. The lowest BCUT2D eigenvalue weighted by atomic mass is 10.1. The minimum Gasteiger partial charge on any atom is -0.497 e. The number of hydrogen-bond donors (Lipinski definition) is 0. The van der Waals surface area contributed by atoms with Gasteiger partial charge in [-0.05, 0) is 42.5 Å². The molecule has 2 aromatic rings. The van der Waals surface area contributed by atoms with Crippen LogP contribution in [0.5, 0.6) is 5.75 Å². The largest absolute Gasteiger partial charge is 0.497 e. The van der Waals surface area contributed by atoms with Gasteiger partial charge in [0.05, 0.1) is 30.7 Å². The highest BCUT2D eigenvalue weighted by Crippen LogP contribution is 2.38. The van der Waals surface area contributed by atoms with Crippen LogP contribution in [0.1, 0.15) is 0 Å². The fourth-order valence-electron chi connectivity index (χ4n) is 3.68. The van der Waals surface area contributed by atoms with Crippen LogP contribution in [0.15, 0.2) is 53.0 Å². The summed E-state index contributed by atoms with van der Waals surface area (Å²) in [7, 11) is -1.63. The van der Waals surface area contributed by atoms with E-state index in [-0.39, 0.29) is 17.5 Å². The number of hydrogen-bond acceptors (Lipinski definition) is 4. The molecule has 4 rings (SSSR count). The summed E-state index contributed by atoms with van der Waals surface area (Å²) in [5.74, 6) is 0.627. The number of fused-ring (bicyclic) bond motifs is 1. The lowest BCUT2D eigenvalue weighted by molar-refractivity contribution is 0.255. The van der Waals surface area contributed by atoms with Gasteiger partial charge in [0.2, 0.25) is 0 Å². The lowest BCUT2D eigenvalue weighted by Gasteiger charge is -2.23. The summed E-state index contributed by atoms with van der Waals surface area (Å²) in [4.78, 5) is 16.4. The fraction of sp³-hybridized carbons (Fsp3) is 0.278. The zero-order chi connectivity index (χ0) is 18.5. The molecule has 2 fully saturated rings. The molecule has 2 aliphatic heterocycles. The van der Waals surface area contributed by atoms with Crippen LogP contribution in [-0.2, 0) is 9.84 Å². The third-order valence-corrected chi connectivity index (χ3v) is 7.00. The zero-order valence-electron chi connectivity index (χ0n) is 14.0. The molecular weight excluding hydrogens is 420 g/mol. The minimum atomic E-state index is -3.21. The molecule has 0 spiro atoms. The van der Waals surface area contributed by atoms with Crippen LogP contribution in [0.4, 0.5) is 16.2 Å². The third kappa shape index (κ3) is 2.87. The second-order valence-electron chi connectivity index (χ2n) is 6.41. The normalized spacial score (nSPS) is 24.0. The van der Waals surface area contributed by atoms with Gasteiger partial charge in [-0.3, -0.25) is 9.80 Å². The number of halogens is 1. The van der Waals surface area contributed by atoms with Crippen molar-refractivity contribution in [3.8, 4) is 5.75 Å². The predicted octanol–water partition coefficient (Wildman–Crippen LogP) is 3.07. The number of amides is 2. The molecule has 2 heterocycles. The SMILES string of the molecule is COc1ccc(N2C(=O)N(c3cccc(Br)c3)[C@@H]3CS(=O)(=O)C[C@H]32)cc1. The Kier molecular flexibility index (Phi) is 4.19. The zero-order valence-corrected chi connectivity index (χ0v) is 16.4. The Morgan fingerprint density at radius 1 is 1.00 bits per heavy atom. The Bertz CT molecular complexity index is 961. The average molecular weight is 437 g/mol. The van der Waals surface area contributed by atoms with Gasteiger partial charge in [-0.25, -0.2) is 13.2 Å². The van der Waals surface area contributed by atoms with Crippen molar-refractivity contribution in [2.24, 2.45) is 0 Å². The van der Waals surface area contributed by atoms with E-state index in [2.05, 4.69) is 15.9 Å². The van der Waals surface area contributed by atoms with Gasteiger partial charge in [-0.2, -0.15) is 0 Å². The maximum Gasteiger partial charge on any atom is 0.329 e. The van der Waals surface area contributed by atoms with Gasteiger partial charge in [0, 0.05) is 15.8 Å². The van der Waals surface area contributed by atoms with Crippen LogP contribution in [0.2, 0.25) is 0 Å². The quantitative estimate of drug-likeness (QED) is 0.693. The fourth-order valence-corrected chi connectivity index (χ4v) is 5.98. The molecule has 0 aromatic heterocycles. The van der Waals surface area contributed by atoms with E-state index in [0.29, 0.717) is 17.1 Å². The second kappa shape index (κ2) is 6.28. The maximum atomic E-state index is 13.2. The van der Waals surface area contributed by atoms with Crippen LogP contribution in [0.25, 0.3) is 0 Å². The topological polar surface area (TPSA) is 66.9 Å². The smallest absolute Gasteiger partial charge is 0.329 e. The summed E-state index contributed by atoms with van der Waals surface area (Å²) < 4.78 is 30.6. The molecule has 0 radical (unpaired) electrons. The monoisotopic (exact) mass is 436 g/mol. The van der Waals surface area contributed by atoms with Crippen molar-refractivity contribution < 1.29 is 17.9 Å². The molecule has 0 aliphatic carbocycles. The van der Waals surface area contributed by atoms with Crippen molar-refractivity contribution in [2.75, 3.05) is 28.4 Å². The number of nitrogens with zero attached hydrogens (tertiary/aromatic N) is 2. The Hall–Kier alpha value is -2.06. The first kappa shape index (κ1) is 17.4. The minimum absolute atomic E-state index is 0.0252. The molecule has 2 aliphatic rings. The number of urea groups is 1. The molecule has 0 saturated carbocycles. The van der Waals surface area contributed by atoms with Gasteiger partial charge in [-0.1, -0.05) is 22.0 Å². The van der Waals surface area contributed by atoms with Crippen molar-refractivity contribution in [1.82, 2.24) is 0 Å². The van der Waals surface area contributed by atoms with Gasteiger partial charge < -0.3 is 4.74 Å². The second-order valence-corrected chi connectivity index (χ2v) is 9.48. The van der Waals surface area contributed by atoms with E-state index in [1.807, 2.05) is 24.3 Å². The molecule has 136 valence electrons. The highest BCUT2D eigenvalue weighted by atomic mass is 79.9. The van der Waals surface area contributed by atoms with Crippen LogP contribution < -0.4 is 14.5 Å². The van der Waals surface area contributed by atoms with Crippen LogP contribution in [-0.4, -0.2) is 45.1 Å². The molecule has 0 bridgehead atoms. The summed E-state index contributed by atoms with van der Waals surface area (Å²) in [6.07, 6.45) is 0. The van der Waals surface area contributed by atoms with E-state index < -0.39 is 21.9 Å². The van der Waals surface area contributed by atoms with E-state index in [0.717, 1.165) is 4.47 Å². The lowest BCUT2D eigenvalue weighted by Crippen LogP contribution is -2.37. The third-order valence-electron chi connectivity index (χ3n) is 4.81. The summed E-state index contributed by atoms with van der Waals surface area (Å²) >= 11 is 3.42. The number of rotatable bonds is 3. The van der Waals surface area contributed by atoms with Gasteiger partial charge in [0.1, 0.15) is 5.75 Å². The molecule has 26 heavy (non-hydrogen) atoms. The molecule has 0 unspecified atom stereocenters. The van der Waals surface area contributed by atoms with Crippen LogP contribution >= 0.6 is 15.9 Å². The standard InChI is InChI=1S/C18H17BrN2O4S/c1-25-15-7-5-13(6-8-15)20-16-10-26(23,24)11-17(16)21(18(20)22)14-4-2-3-12(19)9-14/h2-9,16-17H,10-11H2,1H3/t16-,17-/m1/s1. The number of carbonyl (C=O) groups is 1.